The predicted molar refractivity (Wildman–Crippen MR) is 120 cm³/mol. The first-order valence-corrected chi connectivity index (χ1v) is 9.94. The number of allylic oxidation sites excluding steroid dienone is 4. The van der Waals surface area contributed by atoms with Gasteiger partial charge in [0.2, 0.25) is 5.91 Å². The first kappa shape index (κ1) is 22.8. The van der Waals surface area contributed by atoms with Gasteiger partial charge in [0.1, 0.15) is 11.5 Å². The Morgan fingerprint density at radius 1 is 1.27 bits per heavy atom. The molecule has 0 saturated carbocycles. The lowest BCUT2D eigenvalue weighted by atomic mass is 10.1. The second-order valence-corrected chi connectivity index (χ2v) is 6.71. The molecule has 0 bridgehead atoms. The van der Waals surface area contributed by atoms with E-state index in [1.807, 2.05) is 50.4 Å². The molecule has 2 amide bonds. The Kier molecular flexibility index (Phi) is 8.29. The molecule has 0 unspecified atom stereocenters. The fourth-order valence-corrected chi connectivity index (χ4v) is 3.13. The zero-order valence-electron chi connectivity index (χ0n) is 17.9. The minimum Gasteiger partial charge on any atom is -0.501 e. The molecule has 7 nitrogen and oxygen atoms in total. The van der Waals surface area contributed by atoms with Crippen molar-refractivity contribution in [1.29, 1.82) is 0 Å². The summed E-state index contributed by atoms with van der Waals surface area (Å²) in [6.07, 6.45) is 8.46. The molecular formula is C23H30N4O3. The van der Waals surface area contributed by atoms with Crippen LogP contribution < -0.4 is 20.9 Å². The van der Waals surface area contributed by atoms with Crippen LogP contribution in [-0.2, 0) is 14.3 Å². The van der Waals surface area contributed by atoms with Gasteiger partial charge >= 0.3 is 0 Å². The SMILES string of the molecule is C=C1C(=O)N(CCCC(=O)N/C(N)=C/C=C(\CC)OC)c2ccccc2N1/C=C\C. The Hall–Kier alpha value is -3.48. The lowest BCUT2D eigenvalue weighted by Crippen LogP contribution is -2.42. The van der Waals surface area contributed by atoms with E-state index in [-0.39, 0.29) is 24.1 Å². The Labute approximate surface area is 178 Å². The quantitative estimate of drug-likeness (QED) is 0.369. The number of carbonyl (C=O) groups is 2. The molecule has 1 aromatic rings. The van der Waals surface area contributed by atoms with Crippen LogP contribution in [0.25, 0.3) is 0 Å². The zero-order chi connectivity index (χ0) is 22.1. The molecule has 160 valence electrons. The molecule has 0 saturated heterocycles. The van der Waals surface area contributed by atoms with Gasteiger partial charge < -0.3 is 25.6 Å². The monoisotopic (exact) mass is 410 g/mol. The van der Waals surface area contributed by atoms with E-state index in [1.165, 1.54) is 0 Å². The van der Waals surface area contributed by atoms with Crippen LogP contribution in [0.3, 0.4) is 0 Å². The standard InChI is InChI=1S/C23H30N4O3/c1-5-15-26-17(3)23(29)27(20-11-8-7-10-19(20)26)16-9-12-22(28)25-21(24)14-13-18(6-2)30-4/h5,7-8,10-11,13-15H,3,6,9,12,16,24H2,1-2,4H3,(H,25,28)/b15-5-,18-13+,21-14+. The van der Waals surface area contributed by atoms with Crippen molar-refractivity contribution in [2.75, 3.05) is 23.5 Å². The number of nitrogens with zero attached hydrogens (tertiary/aromatic N) is 2. The minimum atomic E-state index is -0.209. The van der Waals surface area contributed by atoms with Gasteiger partial charge in [-0.1, -0.05) is 31.7 Å². The molecule has 2 rings (SSSR count). The molecule has 0 spiro atoms. The molecular weight excluding hydrogens is 380 g/mol. The summed E-state index contributed by atoms with van der Waals surface area (Å²) in [5.74, 6) is 0.627. The van der Waals surface area contributed by atoms with E-state index in [0.29, 0.717) is 18.7 Å². The normalized spacial score (nSPS) is 14.9. The van der Waals surface area contributed by atoms with Crippen molar-refractivity contribution in [3.63, 3.8) is 0 Å². The average Bonchev–Trinajstić information content (AvgIpc) is 2.74. The number of hydrogen-bond acceptors (Lipinski definition) is 5. The van der Waals surface area contributed by atoms with Crippen molar-refractivity contribution in [3.8, 4) is 0 Å². The Bertz CT molecular complexity index is 880. The highest BCUT2D eigenvalue weighted by molar-refractivity contribution is 6.13. The Balaban J connectivity index is 2.00. The molecule has 30 heavy (non-hydrogen) atoms. The lowest BCUT2D eigenvalue weighted by Gasteiger charge is -2.36. The van der Waals surface area contributed by atoms with Gasteiger partial charge in [-0.2, -0.15) is 0 Å². The summed E-state index contributed by atoms with van der Waals surface area (Å²) in [6.45, 7) is 8.19. The predicted octanol–water partition coefficient (Wildman–Crippen LogP) is 3.52. The van der Waals surface area contributed by atoms with Gasteiger partial charge in [0.25, 0.3) is 5.91 Å². The largest absolute Gasteiger partial charge is 0.501 e. The maximum absolute atomic E-state index is 12.8. The summed E-state index contributed by atoms with van der Waals surface area (Å²) in [5.41, 5.74) is 7.89. The van der Waals surface area contributed by atoms with E-state index in [1.54, 1.807) is 29.1 Å². The van der Waals surface area contributed by atoms with E-state index in [0.717, 1.165) is 23.6 Å². The fourth-order valence-electron chi connectivity index (χ4n) is 3.13. The first-order valence-electron chi connectivity index (χ1n) is 9.94. The highest BCUT2D eigenvalue weighted by atomic mass is 16.5. The molecule has 1 aliphatic rings. The van der Waals surface area contributed by atoms with Crippen molar-refractivity contribution in [3.05, 3.63) is 72.5 Å². The average molecular weight is 411 g/mol. The van der Waals surface area contributed by atoms with Gasteiger partial charge in [-0.15, -0.1) is 0 Å². The second-order valence-electron chi connectivity index (χ2n) is 6.71. The molecule has 7 heteroatoms. The van der Waals surface area contributed by atoms with Gasteiger partial charge in [-0.25, -0.2) is 0 Å². The van der Waals surface area contributed by atoms with Gasteiger partial charge in [0, 0.05) is 25.6 Å². The number of anilines is 2. The highest BCUT2D eigenvalue weighted by Gasteiger charge is 2.31. The van der Waals surface area contributed by atoms with Crippen molar-refractivity contribution in [2.45, 2.75) is 33.1 Å². The molecule has 3 N–H and O–H groups in total. The molecule has 1 aromatic carbocycles. The van der Waals surface area contributed by atoms with Crippen molar-refractivity contribution in [1.82, 2.24) is 5.32 Å². The van der Waals surface area contributed by atoms with Crippen LogP contribution in [0.1, 0.15) is 33.1 Å². The van der Waals surface area contributed by atoms with E-state index >= 15 is 0 Å². The zero-order valence-corrected chi connectivity index (χ0v) is 17.9. The minimum absolute atomic E-state index is 0.177. The van der Waals surface area contributed by atoms with Gasteiger partial charge in [0.15, 0.2) is 0 Å². The summed E-state index contributed by atoms with van der Waals surface area (Å²) in [7, 11) is 1.59. The Morgan fingerprint density at radius 3 is 2.60 bits per heavy atom. The van der Waals surface area contributed by atoms with Crippen molar-refractivity contribution >= 4 is 23.2 Å². The molecule has 0 atom stereocenters. The Morgan fingerprint density at radius 2 is 1.97 bits per heavy atom. The van der Waals surface area contributed by atoms with Gasteiger partial charge in [-0.3, -0.25) is 9.59 Å². The molecule has 0 aliphatic carbocycles. The number of carbonyl (C=O) groups excluding carboxylic acids is 2. The number of benzene rings is 1. The highest BCUT2D eigenvalue weighted by Crippen LogP contribution is 2.37. The van der Waals surface area contributed by atoms with Gasteiger partial charge in [-0.05, 0) is 37.6 Å². The van der Waals surface area contributed by atoms with Crippen molar-refractivity contribution in [2.24, 2.45) is 5.73 Å². The van der Waals surface area contributed by atoms with Crippen LogP contribution in [0.15, 0.2) is 72.5 Å². The third-order valence-corrected chi connectivity index (χ3v) is 4.64. The first-order chi connectivity index (χ1) is 14.4. The fraction of sp³-hybridized carbons (Fsp3) is 0.304. The van der Waals surface area contributed by atoms with E-state index in [2.05, 4.69) is 11.9 Å². The maximum Gasteiger partial charge on any atom is 0.274 e. The van der Waals surface area contributed by atoms with Crippen molar-refractivity contribution < 1.29 is 14.3 Å². The van der Waals surface area contributed by atoms with Crippen LogP contribution in [0.2, 0.25) is 0 Å². The summed E-state index contributed by atoms with van der Waals surface area (Å²) < 4.78 is 5.15. The van der Waals surface area contributed by atoms with E-state index in [4.69, 9.17) is 10.5 Å². The number of fused-ring (bicyclic) bond motifs is 1. The summed E-state index contributed by atoms with van der Waals surface area (Å²) in [4.78, 5) is 28.5. The maximum atomic E-state index is 12.8. The number of rotatable bonds is 9. The van der Waals surface area contributed by atoms with E-state index in [9.17, 15) is 9.59 Å². The lowest BCUT2D eigenvalue weighted by molar-refractivity contribution is -0.120. The third-order valence-electron chi connectivity index (χ3n) is 4.64. The number of amides is 2. The number of para-hydroxylation sites is 2. The van der Waals surface area contributed by atoms with Crippen LogP contribution in [0, 0.1) is 0 Å². The van der Waals surface area contributed by atoms with E-state index < -0.39 is 0 Å². The smallest absolute Gasteiger partial charge is 0.274 e. The number of ether oxygens (including phenoxy) is 1. The number of nitrogens with two attached hydrogens (primary N) is 1. The molecule has 0 radical (unpaired) electrons. The van der Waals surface area contributed by atoms with Crippen LogP contribution in [-0.4, -0.2) is 25.5 Å². The number of hydrogen-bond donors (Lipinski definition) is 2. The summed E-state index contributed by atoms with van der Waals surface area (Å²) in [5, 5.41) is 2.65. The molecule has 0 fully saturated rings. The summed E-state index contributed by atoms with van der Waals surface area (Å²) >= 11 is 0. The van der Waals surface area contributed by atoms with Crippen LogP contribution >= 0.6 is 0 Å². The molecule has 1 aliphatic heterocycles. The molecule has 1 heterocycles. The topological polar surface area (TPSA) is 87.9 Å². The molecule has 0 aromatic heterocycles. The third kappa shape index (κ3) is 5.53. The van der Waals surface area contributed by atoms with Gasteiger partial charge in [0.05, 0.1) is 24.2 Å². The van der Waals surface area contributed by atoms with Crippen LogP contribution in [0.5, 0.6) is 0 Å². The number of methoxy groups -OCH3 is 1. The second kappa shape index (κ2) is 10.9. The number of nitrogens with one attached hydrogen (secondary N) is 1. The van der Waals surface area contributed by atoms with Crippen LogP contribution in [0.4, 0.5) is 11.4 Å². The summed E-state index contributed by atoms with van der Waals surface area (Å²) in [6, 6.07) is 7.64.